The van der Waals surface area contributed by atoms with Crippen LogP contribution in [0.5, 0.6) is 0 Å². The fourth-order valence-electron chi connectivity index (χ4n) is 4.44. The number of benzene rings is 3. The van der Waals surface area contributed by atoms with Gasteiger partial charge in [-0.3, -0.25) is 4.79 Å². The van der Waals surface area contributed by atoms with Crippen LogP contribution in [0.15, 0.2) is 79.0 Å². The van der Waals surface area contributed by atoms with Crippen LogP contribution in [0.3, 0.4) is 0 Å². The highest BCUT2D eigenvalue weighted by molar-refractivity contribution is 5.86. The average Bonchev–Trinajstić information content (AvgIpc) is 3.32. The lowest BCUT2D eigenvalue weighted by atomic mass is 10.0. The minimum absolute atomic E-state index is 0.180. The molecule has 7 nitrogen and oxygen atoms in total. The van der Waals surface area contributed by atoms with Crippen molar-refractivity contribution in [2.45, 2.75) is 37.8 Å². The maximum Gasteiger partial charge on any atom is 0.306 e. The second-order valence-corrected chi connectivity index (χ2v) is 9.80. The minimum atomic E-state index is -1.33. The van der Waals surface area contributed by atoms with E-state index in [0.29, 0.717) is 13.0 Å². The zero-order valence-electron chi connectivity index (χ0n) is 21.8. The van der Waals surface area contributed by atoms with E-state index in [4.69, 9.17) is 15.2 Å². The molecule has 0 fully saturated rings. The van der Waals surface area contributed by atoms with Crippen LogP contribution in [-0.4, -0.2) is 53.2 Å². The maximum atomic E-state index is 12.3. The van der Waals surface area contributed by atoms with Gasteiger partial charge in [-0.1, -0.05) is 48.5 Å². The standard InChI is InChI=1S/C31H36N2O5/c1-37-19-25-8-13-27(14-9-25)33-18-26(12-7-23-5-3-2-4-6-23)28-17-24(10-15-29(28)33)11-16-30(36)38-22-31(32,20-34)21-35/h2-6,8-10,13-15,17-18,34-35H,7,11-12,16,19-22,32H2,1H3. The van der Waals surface area contributed by atoms with E-state index < -0.39 is 24.7 Å². The van der Waals surface area contributed by atoms with Crippen LogP contribution in [0, 0.1) is 0 Å². The molecule has 4 aromatic rings. The number of carbonyl (C=O) groups excluding carboxylic acids is 1. The van der Waals surface area contributed by atoms with Crippen LogP contribution < -0.4 is 5.73 Å². The number of rotatable bonds is 13. The molecule has 0 unspecified atom stereocenters. The third kappa shape index (κ3) is 6.88. The lowest BCUT2D eigenvalue weighted by Crippen LogP contribution is -2.51. The fraction of sp³-hybridized carbons (Fsp3) is 0.323. The molecule has 0 aliphatic heterocycles. The molecule has 4 N–H and O–H groups in total. The summed E-state index contributed by atoms with van der Waals surface area (Å²) in [7, 11) is 1.69. The molecule has 7 heteroatoms. The Balaban J connectivity index is 1.55. The van der Waals surface area contributed by atoms with Gasteiger partial charge in [-0.2, -0.15) is 0 Å². The van der Waals surface area contributed by atoms with Gasteiger partial charge in [0.2, 0.25) is 0 Å². The molecule has 0 saturated carbocycles. The van der Waals surface area contributed by atoms with Gasteiger partial charge < -0.3 is 30.0 Å². The van der Waals surface area contributed by atoms with Crippen LogP contribution in [0.4, 0.5) is 0 Å². The number of nitrogens with zero attached hydrogens (tertiary/aromatic N) is 1. The van der Waals surface area contributed by atoms with Gasteiger partial charge in [0.1, 0.15) is 6.61 Å². The SMILES string of the molecule is COCc1ccc(-n2cc(CCc3ccccc3)c3cc(CCC(=O)OCC(N)(CO)CO)ccc32)cc1. The van der Waals surface area contributed by atoms with E-state index in [0.717, 1.165) is 40.6 Å². The first-order valence-electron chi connectivity index (χ1n) is 12.9. The van der Waals surface area contributed by atoms with Gasteiger partial charge in [-0.15, -0.1) is 0 Å². The average molecular weight is 517 g/mol. The Kier molecular flexibility index (Phi) is 9.31. The zero-order valence-corrected chi connectivity index (χ0v) is 21.8. The molecule has 3 aromatic carbocycles. The van der Waals surface area contributed by atoms with Crippen molar-refractivity contribution in [3.63, 3.8) is 0 Å². The molecule has 200 valence electrons. The molecule has 0 radical (unpaired) electrons. The summed E-state index contributed by atoms with van der Waals surface area (Å²) in [5, 5.41) is 19.7. The van der Waals surface area contributed by atoms with Crippen molar-refractivity contribution in [3.8, 4) is 5.69 Å². The molecule has 0 aliphatic carbocycles. The summed E-state index contributed by atoms with van der Waals surface area (Å²) in [6, 6.07) is 25.1. The third-order valence-electron chi connectivity index (χ3n) is 6.77. The fourth-order valence-corrected chi connectivity index (χ4v) is 4.44. The summed E-state index contributed by atoms with van der Waals surface area (Å²) < 4.78 is 12.7. The van der Waals surface area contributed by atoms with E-state index in [-0.39, 0.29) is 13.0 Å². The summed E-state index contributed by atoms with van der Waals surface area (Å²) in [4.78, 5) is 12.3. The number of hydrogen-bond donors (Lipinski definition) is 3. The highest BCUT2D eigenvalue weighted by atomic mass is 16.5. The number of aliphatic hydroxyl groups is 2. The smallest absolute Gasteiger partial charge is 0.306 e. The van der Waals surface area contributed by atoms with Crippen molar-refractivity contribution >= 4 is 16.9 Å². The van der Waals surface area contributed by atoms with Crippen LogP contribution in [0.1, 0.15) is 28.7 Å². The van der Waals surface area contributed by atoms with Gasteiger partial charge in [-0.05, 0) is 65.8 Å². The first kappa shape index (κ1) is 27.5. The molecular weight excluding hydrogens is 480 g/mol. The number of hydrogen-bond acceptors (Lipinski definition) is 6. The number of nitrogens with two attached hydrogens (primary N) is 1. The molecule has 38 heavy (non-hydrogen) atoms. The van der Waals surface area contributed by atoms with Crippen molar-refractivity contribution < 1.29 is 24.5 Å². The summed E-state index contributed by atoms with van der Waals surface area (Å²) in [5.41, 5.74) is 11.3. The Labute approximate surface area is 223 Å². The number of methoxy groups -OCH3 is 1. The van der Waals surface area contributed by atoms with E-state index in [1.165, 1.54) is 11.1 Å². The van der Waals surface area contributed by atoms with Gasteiger partial charge in [0.15, 0.2) is 0 Å². The Morgan fingerprint density at radius 2 is 1.61 bits per heavy atom. The summed E-state index contributed by atoms with van der Waals surface area (Å²) in [6.07, 6.45) is 4.72. The maximum absolute atomic E-state index is 12.3. The molecule has 0 atom stereocenters. The monoisotopic (exact) mass is 516 g/mol. The molecule has 0 aliphatic rings. The predicted octanol–water partition coefficient (Wildman–Crippen LogP) is 3.72. The van der Waals surface area contributed by atoms with Gasteiger partial charge in [-0.25, -0.2) is 0 Å². The number of aromatic nitrogens is 1. The van der Waals surface area contributed by atoms with Crippen LogP contribution >= 0.6 is 0 Å². The molecule has 0 saturated heterocycles. The lowest BCUT2D eigenvalue weighted by Gasteiger charge is -2.23. The molecule has 4 rings (SSSR count). The summed E-state index contributed by atoms with van der Waals surface area (Å²) in [6.45, 7) is -0.586. The van der Waals surface area contributed by atoms with E-state index in [9.17, 15) is 15.0 Å². The van der Waals surface area contributed by atoms with Crippen LogP contribution in [0.25, 0.3) is 16.6 Å². The first-order chi connectivity index (χ1) is 18.4. The molecule has 0 amide bonds. The van der Waals surface area contributed by atoms with Gasteiger partial charge in [0.05, 0.1) is 30.9 Å². The summed E-state index contributed by atoms with van der Waals surface area (Å²) >= 11 is 0. The first-order valence-corrected chi connectivity index (χ1v) is 12.9. The van der Waals surface area contributed by atoms with Crippen molar-refractivity contribution in [2.75, 3.05) is 26.9 Å². The summed E-state index contributed by atoms with van der Waals surface area (Å²) in [5.74, 6) is -0.417. The van der Waals surface area contributed by atoms with Crippen molar-refractivity contribution in [1.29, 1.82) is 0 Å². The Bertz CT molecular complexity index is 1330. The van der Waals surface area contributed by atoms with E-state index >= 15 is 0 Å². The number of esters is 1. The van der Waals surface area contributed by atoms with E-state index in [1.54, 1.807) is 7.11 Å². The number of aliphatic hydroxyl groups excluding tert-OH is 2. The van der Waals surface area contributed by atoms with Crippen molar-refractivity contribution in [1.82, 2.24) is 4.57 Å². The van der Waals surface area contributed by atoms with Crippen molar-refractivity contribution in [3.05, 3.63) is 101 Å². The number of fused-ring (bicyclic) bond motifs is 1. The van der Waals surface area contributed by atoms with Crippen LogP contribution in [-0.2, 0) is 40.1 Å². The topological polar surface area (TPSA) is 107 Å². The molecule has 1 heterocycles. The number of aryl methyl sites for hydroxylation is 3. The predicted molar refractivity (Wildman–Crippen MR) is 148 cm³/mol. The van der Waals surface area contributed by atoms with Gasteiger partial charge >= 0.3 is 5.97 Å². The Morgan fingerprint density at radius 1 is 0.895 bits per heavy atom. The third-order valence-corrected chi connectivity index (χ3v) is 6.77. The minimum Gasteiger partial charge on any atom is -0.464 e. The molecule has 0 spiro atoms. The number of ether oxygens (including phenoxy) is 2. The Hall–Kier alpha value is -3.49. The van der Waals surface area contributed by atoms with Gasteiger partial charge in [0, 0.05) is 30.8 Å². The van der Waals surface area contributed by atoms with E-state index in [2.05, 4.69) is 71.4 Å². The largest absolute Gasteiger partial charge is 0.464 e. The van der Waals surface area contributed by atoms with Gasteiger partial charge in [0.25, 0.3) is 0 Å². The highest BCUT2D eigenvalue weighted by Crippen LogP contribution is 2.28. The zero-order chi connectivity index (χ0) is 27.0. The lowest BCUT2D eigenvalue weighted by molar-refractivity contribution is -0.146. The Morgan fingerprint density at radius 3 is 2.29 bits per heavy atom. The molecule has 0 bridgehead atoms. The second kappa shape index (κ2) is 12.8. The van der Waals surface area contributed by atoms with E-state index in [1.807, 2.05) is 12.1 Å². The molecular formula is C31H36N2O5. The van der Waals surface area contributed by atoms with Crippen LogP contribution in [0.2, 0.25) is 0 Å². The number of carbonyl (C=O) groups is 1. The second-order valence-electron chi connectivity index (χ2n) is 9.80. The normalized spacial score (nSPS) is 11.7. The molecule has 1 aromatic heterocycles. The van der Waals surface area contributed by atoms with Crippen molar-refractivity contribution in [2.24, 2.45) is 5.73 Å². The highest BCUT2D eigenvalue weighted by Gasteiger charge is 2.25. The quantitative estimate of drug-likeness (QED) is 0.234.